The van der Waals surface area contributed by atoms with Crippen molar-refractivity contribution in [3.8, 4) is 0 Å². The summed E-state index contributed by atoms with van der Waals surface area (Å²) in [6.07, 6.45) is 7.05. The van der Waals surface area contributed by atoms with Crippen LogP contribution in [0.4, 0.5) is 0 Å². The predicted molar refractivity (Wildman–Crippen MR) is 64.7 cm³/mol. The normalized spacial score (nSPS) is 38.4. The maximum atomic E-state index is 5.84. The molecule has 0 aromatic heterocycles. The molecular weight excluding hydrogens is 184 g/mol. The monoisotopic (exact) mass is 210 g/mol. The van der Waals surface area contributed by atoms with E-state index in [-0.39, 0.29) is 0 Å². The molecule has 2 heteroatoms. The van der Waals surface area contributed by atoms with Gasteiger partial charge in [0.2, 0.25) is 0 Å². The van der Waals surface area contributed by atoms with E-state index in [4.69, 9.17) is 5.73 Å². The zero-order valence-corrected chi connectivity index (χ0v) is 10.1. The average molecular weight is 210 g/mol. The first-order chi connectivity index (χ1) is 7.29. The van der Waals surface area contributed by atoms with E-state index < -0.39 is 0 Å². The maximum Gasteiger partial charge on any atom is 0.00129 e. The van der Waals surface area contributed by atoms with Crippen molar-refractivity contribution in [1.29, 1.82) is 0 Å². The molecule has 1 aliphatic carbocycles. The molecule has 2 nitrogen and oxygen atoms in total. The summed E-state index contributed by atoms with van der Waals surface area (Å²) < 4.78 is 0. The predicted octanol–water partition coefficient (Wildman–Crippen LogP) is 2.09. The first-order valence-electron chi connectivity index (χ1n) is 6.72. The van der Waals surface area contributed by atoms with Gasteiger partial charge in [-0.15, -0.1) is 0 Å². The highest BCUT2D eigenvalue weighted by Crippen LogP contribution is 2.32. The Morgan fingerprint density at radius 3 is 2.67 bits per heavy atom. The van der Waals surface area contributed by atoms with Crippen LogP contribution in [0.25, 0.3) is 0 Å². The lowest BCUT2D eigenvalue weighted by atomic mass is 9.93. The third-order valence-electron chi connectivity index (χ3n) is 4.35. The summed E-state index contributed by atoms with van der Waals surface area (Å²) >= 11 is 0. The van der Waals surface area contributed by atoms with Crippen LogP contribution in [0.1, 0.15) is 39.0 Å². The number of hydrogen-bond acceptors (Lipinski definition) is 2. The van der Waals surface area contributed by atoms with Gasteiger partial charge in [-0.25, -0.2) is 0 Å². The van der Waals surface area contributed by atoms with Crippen molar-refractivity contribution < 1.29 is 0 Å². The summed E-state index contributed by atoms with van der Waals surface area (Å²) in [4.78, 5) is 2.69. The van der Waals surface area contributed by atoms with Crippen molar-refractivity contribution >= 4 is 0 Å². The van der Waals surface area contributed by atoms with E-state index in [1.165, 1.54) is 51.7 Å². The fourth-order valence-electron chi connectivity index (χ4n) is 3.45. The highest BCUT2D eigenvalue weighted by molar-refractivity contribution is 4.82. The van der Waals surface area contributed by atoms with Crippen molar-refractivity contribution in [2.75, 3.05) is 26.2 Å². The molecule has 15 heavy (non-hydrogen) atoms. The van der Waals surface area contributed by atoms with Gasteiger partial charge in [0.15, 0.2) is 0 Å². The summed E-state index contributed by atoms with van der Waals surface area (Å²) in [6.45, 7) is 7.29. The Morgan fingerprint density at radius 2 is 1.93 bits per heavy atom. The van der Waals surface area contributed by atoms with E-state index in [0.29, 0.717) is 0 Å². The minimum Gasteiger partial charge on any atom is -0.330 e. The number of hydrogen-bond donors (Lipinski definition) is 1. The Hall–Kier alpha value is -0.0800. The van der Waals surface area contributed by atoms with Crippen LogP contribution < -0.4 is 5.73 Å². The molecule has 2 N–H and O–H groups in total. The average Bonchev–Trinajstić information content (AvgIpc) is 2.65. The number of likely N-dealkylation sites (tertiary alicyclic amines) is 1. The van der Waals surface area contributed by atoms with E-state index in [2.05, 4.69) is 11.8 Å². The topological polar surface area (TPSA) is 29.3 Å². The van der Waals surface area contributed by atoms with Gasteiger partial charge >= 0.3 is 0 Å². The van der Waals surface area contributed by atoms with Crippen LogP contribution in [0.2, 0.25) is 0 Å². The molecule has 3 unspecified atom stereocenters. The number of rotatable bonds is 3. The van der Waals surface area contributed by atoms with E-state index in [9.17, 15) is 0 Å². The van der Waals surface area contributed by atoms with Crippen molar-refractivity contribution in [1.82, 2.24) is 4.90 Å². The number of piperidine rings is 1. The zero-order valence-electron chi connectivity index (χ0n) is 10.1. The molecule has 0 bridgehead atoms. The fourth-order valence-corrected chi connectivity index (χ4v) is 3.45. The van der Waals surface area contributed by atoms with Gasteiger partial charge in [-0.3, -0.25) is 0 Å². The number of nitrogens with two attached hydrogens (primary N) is 1. The highest BCUT2D eigenvalue weighted by Gasteiger charge is 2.28. The Labute approximate surface area is 94.2 Å². The van der Waals surface area contributed by atoms with Gasteiger partial charge in [-0.2, -0.15) is 0 Å². The molecule has 3 atom stereocenters. The minimum absolute atomic E-state index is 0.822. The van der Waals surface area contributed by atoms with E-state index >= 15 is 0 Å². The Morgan fingerprint density at radius 1 is 1.13 bits per heavy atom. The van der Waals surface area contributed by atoms with Crippen LogP contribution in [0.3, 0.4) is 0 Å². The molecule has 2 fully saturated rings. The molecule has 0 aromatic rings. The second-order valence-electron chi connectivity index (χ2n) is 5.69. The SMILES string of the molecule is CC1CCCN(CC2CCCC2CN)C1. The summed E-state index contributed by atoms with van der Waals surface area (Å²) in [5.41, 5.74) is 5.84. The van der Waals surface area contributed by atoms with Gasteiger partial charge in [0.1, 0.15) is 0 Å². The molecule has 0 amide bonds. The Kier molecular flexibility index (Phi) is 4.04. The van der Waals surface area contributed by atoms with Crippen molar-refractivity contribution in [2.24, 2.45) is 23.5 Å². The first kappa shape index (κ1) is 11.4. The third kappa shape index (κ3) is 2.94. The lowest BCUT2D eigenvalue weighted by molar-refractivity contribution is 0.146. The maximum absolute atomic E-state index is 5.84. The molecule has 0 aromatic carbocycles. The van der Waals surface area contributed by atoms with Crippen LogP contribution in [-0.2, 0) is 0 Å². The Balaban J connectivity index is 1.80. The smallest absolute Gasteiger partial charge is 0.00129 e. The molecule has 1 saturated heterocycles. The van der Waals surface area contributed by atoms with Gasteiger partial charge in [-0.05, 0) is 56.5 Å². The fraction of sp³-hybridized carbons (Fsp3) is 1.00. The third-order valence-corrected chi connectivity index (χ3v) is 4.35. The molecule has 2 aliphatic rings. The standard InChI is InChI=1S/C13H26N2/c1-11-4-3-7-15(9-11)10-13-6-2-5-12(13)8-14/h11-13H,2-10,14H2,1H3. The molecule has 2 rings (SSSR count). The van der Waals surface area contributed by atoms with Gasteiger partial charge in [0.05, 0.1) is 0 Å². The van der Waals surface area contributed by atoms with Crippen LogP contribution in [-0.4, -0.2) is 31.1 Å². The van der Waals surface area contributed by atoms with Crippen molar-refractivity contribution in [3.05, 3.63) is 0 Å². The summed E-state index contributed by atoms with van der Waals surface area (Å²) in [7, 11) is 0. The molecular formula is C13H26N2. The van der Waals surface area contributed by atoms with E-state index in [0.717, 1.165) is 24.3 Å². The summed E-state index contributed by atoms with van der Waals surface area (Å²) in [5.74, 6) is 2.64. The molecule has 1 heterocycles. The summed E-state index contributed by atoms with van der Waals surface area (Å²) in [6, 6.07) is 0. The first-order valence-corrected chi connectivity index (χ1v) is 6.72. The summed E-state index contributed by atoms with van der Waals surface area (Å²) in [5, 5.41) is 0. The van der Waals surface area contributed by atoms with Crippen LogP contribution in [0.5, 0.6) is 0 Å². The Bertz CT molecular complexity index is 193. The molecule has 88 valence electrons. The quantitative estimate of drug-likeness (QED) is 0.773. The van der Waals surface area contributed by atoms with Crippen LogP contribution >= 0.6 is 0 Å². The van der Waals surface area contributed by atoms with E-state index in [1.54, 1.807) is 0 Å². The van der Waals surface area contributed by atoms with Gasteiger partial charge in [-0.1, -0.05) is 13.3 Å². The van der Waals surface area contributed by atoms with Gasteiger partial charge in [0.25, 0.3) is 0 Å². The molecule has 1 aliphatic heterocycles. The molecule has 0 spiro atoms. The van der Waals surface area contributed by atoms with Crippen LogP contribution in [0, 0.1) is 17.8 Å². The van der Waals surface area contributed by atoms with E-state index in [1.807, 2.05) is 0 Å². The van der Waals surface area contributed by atoms with Gasteiger partial charge < -0.3 is 10.6 Å². The lowest BCUT2D eigenvalue weighted by Crippen LogP contribution is -2.39. The largest absolute Gasteiger partial charge is 0.330 e. The van der Waals surface area contributed by atoms with Crippen molar-refractivity contribution in [2.45, 2.75) is 39.0 Å². The number of nitrogens with zero attached hydrogens (tertiary/aromatic N) is 1. The second kappa shape index (κ2) is 5.31. The molecule has 1 saturated carbocycles. The van der Waals surface area contributed by atoms with Gasteiger partial charge in [0, 0.05) is 13.1 Å². The lowest BCUT2D eigenvalue weighted by Gasteiger charge is -2.34. The van der Waals surface area contributed by atoms with Crippen LogP contribution in [0.15, 0.2) is 0 Å². The zero-order chi connectivity index (χ0) is 10.7. The molecule has 0 radical (unpaired) electrons. The minimum atomic E-state index is 0.822. The van der Waals surface area contributed by atoms with Crippen molar-refractivity contribution in [3.63, 3.8) is 0 Å². The highest BCUT2D eigenvalue weighted by atomic mass is 15.1. The second-order valence-corrected chi connectivity index (χ2v) is 5.69.